The third kappa shape index (κ3) is 4.12. The van der Waals surface area contributed by atoms with Gasteiger partial charge in [0.05, 0.1) is 10.6 Å². The minimum Gasteiger partial charge on any atom is -0.385 e. The maximum absolute atomic E-state index is 12.3. The molecule has 21 heavy (non-hydrogen) atoms. The molecule has 0 aliphatic heterocycles. The molecule has 0 unspecified atom stereocenters. The van der Waals surface area contributed by atoms with Crippen molar-refractivity contribution < 1.29 is 8.42 Å². The zero-order chi connectivity index (χ0) is 15.5. The number of rotatable bonds is 5. The minimum absolute atomic E-state index is 0.191. The van der Waals surface area contributed by atoms with Crippen molar-refractivity contribution in [2.75, 3.05) is 16.6 Å². The lowest BCUT2D eigenvalue weighted by atomic mass is 10.3. The van der Waals surface area contributed by atoms with Crippen LogP contribution in [0.1, 0.15) is 6.92 Å². The summed E-state index contributed by atoms with van der Waals surface area (Å²) in [4.78, 5) is 0.191. The topological polar surface area (TPSA) is 58.2 Å². The van der Waals surface area contributed by atoms with Crippen LogP contribution in [-0.4, -0.2) is 15.0 Å². The van der Waals surface area contributed by atoms with Crippen molar-refractivity contribution in [3.8, 4) is 0 Å². The highest BCUT2D eigenvalue weighted by molar-refractivity contribution is 9.10. The predicted molar refractivity (Wildman–Crippen MR) is 90.6 cm³/mol. The minimum atomic E-state index is -3.65. The van der Waals surface area contributed by atoms with Gasteiger partial charge in [-0.1, -0.05) is 11.6 Å². The molecule has 0 fully saturated rings. The first-order valence-electron chi connectivity index (χ1n) is 6.24. The van der Waals surface area contributed by atoms with Gasteiger partial charge in [0, 0.05) is 21.7 Å². The maximum atomic E-state index is 12.3. The Bertz CT molecular complexity index is 733. The van der Waals surface area contributed by atoms with E-state index in [0.29, 0.717) is 15.2 Å². The first-order chi connectivity index (χ1) is 9.92. The molecule has 0 aliphatic carbocycles. The van der Waals surface area contributed by atoms with Gasteiger partial charge in [-0.3, -0.25) is 4.72 Å². The smallest absolute Gasteiger partial charge is 0.261 e. The molecule has 2 aromatic carbocycles. The lowest BCUT2D eigenvalue weighted by Gasteiger charge is -2.11. The Balaban J connectivity index is 2.27. The van der Waals surface area contributed by atoms with Crippen LogP contribution in [0.25, 0.3) is 0 Å². The highest BCUT2D eigenvalue weighted by Gasteiger charge is 2.15. The molecule has 0 amide bonds. The molecule has 0 spiro atoms. The molecule has 7 heteroatoms. The molecule has 2 aromatic rings. The molecular formula is C14H14BrClN2O2S. The molecule has 0 atom stereocenters. The fraction of sp³-hybridized carbons (Fsp3) is 0.143. The van der Waals surface area contributed by atoms with Gasteiger partial charge in [0.1, 0.15) is 0 Å². The largest absolute Gasteiger partial charge is 0.385 e. The zero-order valence-electron chi connectivity index (χ0n) is 11.2. The highest BCUT2D eigenvalue weighted by atomic mass is 79.9. The lowest BCUT2D eigenvalue weighted by Crippen LogP contribution is -2.13. The van der Waals surface area contributed by atoms with Crippen molar-refractivity contribution in [3.63, 3.8) is 0 Å². The van der Waals surface area contributed by atoms with Gasteiger partial charge in [-0.15, -0.1) is 0 Å². The van der Waals surface area contributed by atoms with E-state index < -0.39 is 10.0 Å². The van der Waals surface area contributed by atoms with E-state index in [1.165, 1.54) is 0 Å². The van der Waals surface area contributed by atoms with E-state index in [-0.39, 0.29) is 4.90 Å². The number of hydrogen-bond acceptors (Lipinski definition) is 3. The summed E-state index contributed by atoms with van der Waals surface area (Å²) in [5.41, 5.74) is 1.28. The predicted octanol–water partition coefficient (Wildman–Crippen LogP) is 4.34. The number of anilines is 2. The molecule has 4 nitrogen and oxygen atoms in total. The Morgan fingerprint density at radius 1 is 1.14 bits per heavy atom. The Kier molecular flexibility index (Phi) is 5.13. The Labute approximate surface area is 137 Å². The number of hydrogen-bond donors (Lipinski definition) is 2. The molecule has 0 aromatic heterocycles. The standard InChI is InChI=1S/C14H14BrClN2O2S/c1-2-17-11-4-6-12(7-5-11)21(19,20)18-14-9-10(16)3-8-13(14)15/h3-9,17-18H,2H2,1H3. The average molecular weight is 390 g/mol. The monoisotopic (exact) mass is 388 g/mol. The Morgan fingerprint density at radius 3 is 2.43 bits per heavy atom. The van der Waals surface area contributed by atoms with Gasteiger partial charge < -0.3 is 5.32 Å². The van der Waals surface area contributed by atoms with Crippen LogP contribution in [0.4, 0.5) is 11.4 Å². The van der Waals surface area contributed by atoms with Crippen molar-refractivity contribution in [1.82, 2.24) is 0 Å². The quantitative estimate of drug-likeness (QED) is 0.800. The normalized spacial score (nSPS) is 11.2. The maximum Gasteiger partial charge on any atom is 0.261 e. The number of halogens is 2. The summed E-state index contributed by atoms with van der Waals surface area (Å²) in [5, 5.41) is 3.57. The van der Waals surface area contributed by atoms with Crippen molar-refractivity contribution in [1.29, 1.82) is 0 Å². The van der Waals surface area contributed by atoms with Gasteiger partial charge in [0.2, 0.25) is 0 Å². The second kappa shape index (κ2) is 6.68. The summed E-state index contributed by atoms with van der Waals surface area (Å²) in [6.07, 6.45) is 0. The molecule has 2 N–H and O–H groups in total. The first kappa shape index (κ1) is 16.1. The van der Waals surface area contributed by atoms with Gasteiger partial charge in [-0.2, -0.15) is 0 Å². The number of nitrogens with one attached hydrogen (secondary N) is 2. The van der Waals surface area contributed by atoms with Crippen molar-refractivity contribution in [2.24, 2.45) is 0 Å². The van der Waals surface area contributed by atoms with Crippen LogP contribution in [0.3, 0.4) is 0 Å². The molecule has 2 rings (SSSR count). The Hall–Kier alpha value is -1.24. The van der Waals surface area contributed by atoms with Crippen molar-refractivity contribution in [2.45, 2.75) is 11.8 Å². The van der Waals surface area contributed by atoms with Crippen LogP contribution in [0, 0.1) is 0 Å². The average Bonchev–Trinajstić information content (AvgIpc) is 2.44. The molecule has 112 valence electrons. The van der Waals surface area contributed by atoms with E-state index >= 15 is 0 Å². The first-order valence-corrected chi connectivity index (χ1v) is 8.89. The summed E-state index contributed by atoms with van der Waals surface area (Å²) >= 11 is 9.18. The SMILES string of the molecule is CCNc1ccc(S(=O)(=O)Nc2cc(Cl)ccc2Br)cc1. The summed E-state index contributed by atoms with van der Waals surface area (Å²) in [5.74, 6) is 0. The van der Waals surface area contributed by atoms with E-state index in [1.807, 2.05) is 6.92 Å². The Morgan fingerprint density at radius 2 is 1.81 bits per heavy atom. The van der Waals surface area contributed by atoms with E-state index in [0.717, 1.165) is 12.2 Å². The van der Waals surface area contributed by atoms with Crippen LogP contribution < -0.4 is 10.0 Å². The molecule has 0 saturated heterocycles. The van der Waals surface area contributed by atoms with Crippen LogP contribution in [-0.2, 0) is 10.0 Å². The molecular weight excluding hydrogens is 376 g/mol. The van der Waals surface area contributed by atoms with Gasteiger partial charge in [-0.25, -0.2) is 8.42 Å². The second-order valence-electron chi connectivity index (χ2n) is 4.28. The van der Waals surface area contributed by atoms with Crippen LogP contribution in [0.15, 0.2) is 51.8 Å². The van der Waals surface area contributed by atoms with Crippen molar-refractivity contribution in [3.05, 3.63) is 52.0 Å². The van der Waals surface area contributed by atoms with E-state index in [2.05, 4.69) is 26.0 Å². The van der Waals surface area contributed by atoms with Gasteiger partial charge in [-0.05, 0) is 65.3 Å². The third-order valence-corrected chi connectivity index (χ3v) is 5.03. The fourth-order valence-electron chi connectivity index (χ4n) is 1.74. The van der Waals surface area contributed by atoms with E-state index in [9.17, 15) is 8.42 Å². The molecule has 0 heterocycles. The molecule has 0 bridgehead atoms. The molecule has 0 aliphatic rings. The number of sulfonamides is 1. The lowest BCUT2D eigenvalue weighted by molar-refractivity contribution is 0.601. The highest BCUT2D eigenvalue weighted by Crippen LogP contribution is 2.28. The van der Waals surface area contributed by atoms with Gasteiger partial charge in [0.25, 0.3) is 10.0 Å². The van der Waals surface area contributed by atoms with E-state index in [1.54, 1.807) is 42.5 Å². The van der Waals surface area contributed by atoms with Gasteiger partial charge in [0.15, 0.2) is 0 Å². The van der Waals surface area contributed by atoms with Crippen LogP contribution >= 0.6 is 27.5 Å². The van der Waals surface area contributed by atoms with E-state index in [4.69, 9.17) is 11.6 Å². The number of benzene rings is 2. The third-order valence-electron chi connectivity index (χ3n) is 2.72. The van der Waals surface area contributed by atoms with Crippen molar-refractivity contribution >= 4 is 48.9 Å². The summed E-state index contributed by atoms with van der Waals surface area (Å²) in [6, 6.07) is 11.5. The summed E-state index contributed by atoms with van der Waals surface area (Å²) < 4.78 is 27.8. The van der Waals surface area contributed by atoms with Gasteiger partial charge >= 0.3 is 0 Å². The molecule has 0 radical (unpaired) electrons. The van der Waals surface area contributed by atoms with Crippen LogP contribution in [0.5, 0.6) is 0 Å². The second-order valence-corrected chi connectivity index (χ2v) is 7.26. The summed E-state index contributed by atoms with van der Waals surface area (Å²) in [7, 11) is -3.65. The molecule has 0 saturated carbocycles. The summed E-state index contributed by atoms with van der Waals surface area (Å²) in [6.45, 7) is 2.75. The zero-order valence-corrected chi connectivity index (χ0v) is 14.4. The fourth-order valence-corrected chi connectivity index (χ4v) is 3.46. The van der Waals surface area contributed by atoms with Crippen LogP contribution in [0.2, 0.25) is 5.02 Å².